The standard InChI is InChI=1S/C15H22N2O/c16-11-13-7-4-8-14(13)15(18)17-10-9-12-5-2-1-3-6-12/h1-3,5-6,13-14H,4,7-11,16H2,(H,17,18)/t13-,14-/m1/s1. The number of hydrogen-bond donors (Lipinski definition) is 2. The van der Waals surface area contributed by atoms with Gasteiger partial charge in [0.05, 0.1) is 0 Å². The Bertz CT molecular complexity index is 377. The molecule has 0 aliphatic heterocycles. The monoisotopic (exact) mass is 246 g/mol. The van der Waals surface area contributed by atoms with Crippen LogP contribution in [0.2, 0.25) is 0 Å². The van der Waals surface area contributed by atoms with E-state index in [2.05, 4.69) is 17.4 Å². The lowest BCUT2D eigenvalue weighted by atomic mass is 9.95. The van der Waals surface area contributed by atoms with Crippen LogP contribution in [-0.2, 0) is 11.2 Å². The van der Waals surface area contributed by atoms with E-state index in [4.69, 9.17) is 5.73 Å². The molecule has 1 saturated carbocycles. The number of carbonyl (C=O) groups is 1. The molecule has 0 unspecified atom stereocenters. The van der Waals surface area contributed by atoms with Gasteiger partial charge in [-0.2, -0.15) is 0 Å². The van der Waals surface area contributed by atoms with Crippen LogP contribution in [0.1, 0.15) is 24.8 Å². The predicted molar refractivity (Wildman–Crippen MR) is 73.0 cm³/mol. The number of rotatable bonds is 5. The van der Waals surface area contributed by atoms with Crippen LogP contribution in [-0.4, -0.2) is 19.0 Å². The van der Waals surface area contributed by atoms with Crippen LogP contribution in [0.3, 0.4) is 0 Å². The minimum atomic E-state index is 0.144. The first kappa shape index (κ1) is 13.1. The van der Waals surface area contributed by atoms with E-state index in [1.807, 2.05) is 18.2 Å². The lowest BCUT2D eigenvalue weighted by molar-refractivity contribution is -0.125. The molecule has 1 amide bonds. The molecule has 98 valence electrons. The summed E-state index contributed by atoms with van der Waals surface area (Å²) >= 11 is 0. The maximum absolute atomic E-state index is 12.0. The second kappa shape index (κ2) is 6.55. The van der Waals surface area contributed by atoms with Gasteiger partial charge in [-0.05, 0) is 37.3 Å². The Balaban J connectivity index is 1.75. The Morgan fingerprint density at radius 2 is 2.06 bits per heavy atom. The molecule has 0 spiro atoms. The molecule has 3 heteroatoms. The van der Waals surface area contributed by atoms with Gasteiger partial charge in [-0.3, -0.25) is 4.79 Å². The summed E-state index contributed by atoms with van der Waals surface area (Å²) in [5.74, 6) is 0.728. The molecule has 0 bridgehead atoms. The SMILES string of the molecule is NC[C@H]1CCC[C@H]1C(=O)NCCc1ccccc1. The molecule has 2 atom stereocenters. The van der Waals surface area contributed by atoms with Crippen molar-refractivity contribution in [3.63, 3.8) is 0 Å². The molecule has 1 aromatic rings. The highest BCUT2D eigenvalue weighted by Gasteiger charge is 2.31. The van der Waals surface area contributed by atoms with Crippen molar-refractivity contribution < 1.29 is 4.79 Å². The molecule has 1 aromatic carbocycles. The Hall–Kier alpha value is -1.35. The van der Waals surface area contributed by atoms with Crippen molar-refractivity contribution in [2.75, 3.05) is 13.1 Å². The van der Waals surface area contributed by atoms with E-state index in [9.17, 15) is 4.79 Å². The third-order valence-corrected chi connectivity index (χ3v) is 3.85. The van der Waals surface area contributed by atoms with E-state index in [0.717, 1.165) is 32.2 Å². The molecule has 1 fully saturated rings. The zero-order valence-electron chi connectivity index (χ0n) is 10.8. The van der Waals surface area contributed by atoms with E-state index in [-0.39, 0.29) is 11.8 Å². The highest BCUT2D eigenvalue weighted by Crippen LogP contribution is 2.30. The number of benzene rings is 1. The largest absolute Gasteiger partial charge is 0.356 e. The van der Waals surface area contributed by atoms with E-state index >= 15 is 0 Å². The van der Waals surface area contributed by atoms with Crippen LogP contribution in [0.15, 0.2) is 30.3 Å². The summed E-state index contributed by atoms with van der Waals surface area (Å²) in [7, 11) is 0. The highest BCUT2D eigenvalue weighted by atomic mass is 16.1. The fourth-order valence-corrected chi connectivity index (χ4v) is 2.77. The van der Waals surface area contributed by atoms with Crippen molar-refractivity contribution in [2.24, 2.45) is 17.6 Å². The van der Waals surface area contributed by atoms with E-state index < -0.39 is 0 Å². The van der Waals surface area contributed by atoms with Crippen LogP contribution in [0.25, 0.3) is 0 Å². The molecule has 0 heterocycles. The normalized spacial score (nSPS) is 22.9. The van der Waals surface area contributed by atoms with Gasteiger partial charge in [0.1, 0.15) is 0 Å². The Morgan fingerprint density at radius 1 is 1.28 bits per heavy atom. The lowest BCUT2D eigenvalue weighted by Gasteiger charge is -2.17. The minimum Gasteiger partial charge on any atom is -0.356 e. The molecule has 1 aliphatic carbocycles. The van der Waals surface area contributed by atoms with Crippen LogP contribution in [0.5, 0.6) is 0 Å². The van der Waals surface area contributed by atoms with Crippen molar-refractivity contribution in [2.45, 2.75) is 25.7 Å². The topological polar surface area (TPSA) is 55.1 Å². The average molecular weight is 246 g/mol. The first-order chi connectivity index (χ1) is 8.81. The molecule has 1 aliphatic rings. The van der Waals surface area contributed by atoms with Crippen molar-refractivity contribution in [3.8, 4) is 0 Å². The third kappa shape index (κ3) is 3.33. The summed E-state index contributed by atoms with van der Waals surface area (Å²) in [5, 5.41) is 3.04. The molecular formula is C15H22N2O. The van der Waals surface area contributed by atoms with Crippen LogP contribution in [0.4, 0.5) is 0 Å². The second-order valence-electron chi connectivity index (χ2n) is 5.06. The zero-order chi connectivity index (χ0) is 12.8. The first-order valence-electron chi connectivity index (χ1n) is 6.83. The van der Waals surface area contributed by atoms with Gasteiger partial charge >= 0.3 is 0 Å². The Labute approximate surface area is 109 Å². The molecule has 3 N–H and O–H groups in total. The summed E-state index contributed by atoms with van der Waals surface area (Å²) in [6.07, 6.45) is 4.14. The highest BCUT2D eigenvalue weighted by molar-refractivity contribution is 5.79. The summed E-state index contributed by atoms with van der Waals surface area (Å²) in [5.41, 5.74) is 6.97. The zero-order valence-corrected chi connectivity index (χ0v) is 10.8. The van der Waals surface area contributed by atoms with Gasteiger partial charge in [-0.1, -0.05) is 36.8 Å². The van der Waals surface area contributed by atoms with Crippen LogP contribution >= 0.6 is 0 Å². The van der Waals surface area contributed by atoms with E-state index in [1.54, 1.807) is 0 Å². The quantitative estimate of drug-likeness (QED) is 0.831. The van der Waals surface area contributed by atoms with Gasteiger partial charge < -0.3 is 11.1 Å². The van der Waals surface area contributed by atoms with Gasteiger partial charge in [-0.25, -0.2) is 0 Å². The van der Waals surface area contributed by atoms with E-state index in [0.29, 0.717) is 12.5 Å². The molecule has 18 heavy (non-hydrogen) atoms. The van der Waals surface area contributed by atoms with E-state index in [1.165, 1.54) is 5.56 Å². The molecule has 0 aromatic heterocycles. The maximum Gasteiger partial charge on any atom is 0.223 e. The van der Waals surface area contributed by atoms with Crippen molar-refractivity contribution in [1.29, 1.82) is 0 Å². The van der Waals surface area contributed by atoms with Crippen molar-refractivity contribution in [1.82, 2.24) is 5.32 Å². The van der Waals surface area contributed by atoms with Gasteiger partial charge in [-0.15, -0.1) is 0 Å². The molecule has 0 saturated heterocycles. The number of nitrogens with one attached hydrogen (secondary N) is 1. The van der Waals surface area contributed by atoms with Crippen molar-refractivity contribution in [3.05, 3.63) is 35.9 Å². The van der Waals surface area contributed by atoms with Crippen molar-refractivity contribution >= 4 is 5.91 Å². The fourth-order valence-electron chi connectivity index (χ4n) is 2.77. The van der Waals surface area contributed by atoms with Crippen LogP contribution < -0.4 is 11.1 Å². The number of amides is 1. The summed E-state index contributed by atoms with van der Waals surface area (Å²) in [4.78, 5) is 12.0. The summed E-state index contributed by atoms with van der Waals surface area (Å²) in [6.45, 7) is 1.35. The fraction of sp³-hybridized carbons (Fsp3) is 0.533. The van der Waals surface area contributed by atoms with Gasteiger partial charge in [0.25, 0.3) is 0 Å². The van der Waals surface area contributed by atoms with Gasteiger partial charge in [0.15, 0.2) is 0 Å². The van der Waals surface area contributed by atoms with Crippen LogP contribution in [0, 0.1) is 11.8 Å². The Kier molecular flexibility index (Phi) is 4.76. The number of nitrogens with two attached hydrogens (primary N) is 1. The molecule has 0 radical (unpaired) electrons. The summed E-state index contributed by atoms with van der Waals surface area (Å²) in [6, 6.07) is 10.2. The van der Waals surface area contributed by atoms with Gasteiger partial charge in [0.2, 0.25) is 5.91 Å². The molecule has 3 nitrogen and oxygen atoms in total. The summed E-state index contributed by atoms with van der Waals surface area (Å²) < 4.78 is 0. The first-order valence-corrected chi connectivity index (χ1v) is 6.83. The smallest absolute Gasteiger partial charge is 0.223 e. The lowest BCUT2D eigenvalue weighted by Crippen LogP contribution is -2.36. The predicted octanol–water partition coefficient (Wildman–Crippen LogP) is 1.72. The third-order valence-electron chi connectivity index (χ3n) is 3.85. The van der Waals surface area contributed by atoms with Gasteiger partial charge in [0, 0.05) is 12.5 Å². The maximum atomic E-state index is 12.0. The number of hydrogen-bond acceptors (Lipinski definition) is 2. The molecule has 2 rings (SSSR count). The Morgan fingerprint density at radius 3 is 2.78 bits per heavy atom. The second-order valence-corrected chi connectivity index (χ2v) is 5.06. The number of carbonyl (C=O) groups excluding carboxylic acids is 1. The molecular weight excluding hydrogens is 224 g/mol. The minimum absolute atomic E-state index is 0.144. The average Bonchev–Trinajstić information content (AvgIpc) is 2.88.